The molecule has 0 unspecified atom stereocenters. The number of amides is 1. The third kappa shape index (κ3) is 3.09. The molecular formula is C13H15N3O3. The highest BCUT2D eigenvalue weighted by atomic mass is 16.5. The molecular weight excluding hydrogens is 246 g/mol. The van der Waals surface area contributed by atoms with E-state index in [1.807, 2.05) is 6.07 Å². The van der Waals surface area contributed by atoms with E-state index < -0.39 is 18.1 Å². The zero-order chi connectivity index (χ0) is 13.8. The summed E-state index contributed by atoms with van der Waals surface area (Å²) in [6.45, 7) is 1.96. The van der Waals surface area contributed by atoms with Gasteiger partial charge in [-0.2, -0.15) is 0 Å². The fourth-order valence-corrected chi connectivity index (χ4v) is 1.68. The fourth-order valence-electron chi connectivity index (χ4n) is 1.68. The van der Waals surface area contributed by atoms with Crippen LogP contribution in [-0.4, -0.2) is 30.4 Å². The molecule has 0 spiro atoms. The van der Waals surface area contributed by atoms with Crippen LogP contribution in [0.2, 0.25) is 0 Å². The summed E-state index contributed by atoms with van der Waals surface area (Å²) in [5.74, 6) is -0.603. The quantitative estimate of drug-likeness (QED) is 0.737. The molecule has 100 valence electrons. The van der Waals surface area contributed by atoms with Crippen molar-refractivity contribution in [3.8, 4) is 0 Å². The molecule has 0 saturated carbocycles. The first-order chi connectivity index (χ1) is 9.13. The van der Waals surface area contributed by atoms with Crippen LogP contribution >= 0.6 is 0 Å². The molecule has 0 saturated heterocycles. The van der Waals surface area contributed by atoms with Crippen LogP contribution in [0.3, 0.4) is 0 Å². The van der Waals surface area contributed by atoms with Crippen molar-refractivity contribution in [3.05, 3.63) is 35.9 Å². The van der Waals surface area contributed by atoms with Crippen molar-refractivity contribution in [2.45, 2.75) is 19.0 Å². The van der Waals surface area contributed by atoms with Gasteiger partial charge in [0.25, 0.3) is 5.91 Å². The van der Waals surface area contributed by atoms with Crippen molar-refractivity contribution in [2.75, 3.05) is 6.61 Å². The highest BCUT2D eigenvalue weighted by Crippen LogP contribution is 2.16. The monoisotopic (exact) mass is 261 g/mol. The van der Waals surface area contributed by atoms with Crippen molar-refractivity contribution in [2.24, 2.45) is 10.7 Å². The maximum Gasteiger partial charge on any atom is 0.333 e. The first-order valence-corrected chi connectivity index (χ1v) is 5.98. The van der Waals surface area contributed by atoms with E-state index in [0.717, 1.165) is 0 Å². The minimum atomic E-state index is -0.836. The number of nitrogens with zero attached hydrogens (tertiary/aromatic N) is 1. The maximum absolute atomic E-state index is 11.9. The zero-order valence-corrected chi connectivity index (χ0v) is 10.5. The number of carbonyl (C=O) groups is 2. The molecule has 0 aromatic heterocycles. The second-order valence-electron chi connectivity index (χ2n) is 4.06. The van der Waals surface area contributed by atoms with Crippen LogP contribution in [0.15, 0.2) is 35.3 Å². The molecule has 0 fully saturated rings. The van der Waals surface area contributed by atoms with Gasteiger partial charge in [-0.3, -0.25) is 4.79 Å². The Morgan fingerprint density at radius 2 is 2.05 bits per heavy atom. The van der Waals surface area contributed by atoms with Gasteiger partial charge in [0.2, 0.25) is 0 Å². The number of nitrogens with two attached hydrogens (primary N) is 1. The van der Waals surface area contributed by atoms with E-state index in [2.05, 4.69) is 10.3 Å². The highest BCUT2D eigenvalue weighted by molar-refractivity contribution is 6.16. The lowest BCUT2D eigenvalue weighted by atomic mass is 10.1. The van der Waals surface area contributed by atoms with E-state index in [0.29, 0.717) is 5.56 Å². The predicted molar refractivity (Wildman–Crippen MR) is 69.4 cm³/mol. The van der Waals surface area contributed by atoms with Crippen molar-refractivity contribution in [1.82, 2.24) is 5.32 Å². The smallest absolute Gasteiger partial charge is 0.333 e. The van der Waals surface area contributed by atoms with Crippen LogP contribution in [0.25, 0.3) is 0 Å². The van der Waals surface area contributed by atoms with Crippen LogP contribution in [0.1, 0.15) is 18.5 Å². The number of benzene rings is 1. The van der Waals surface area contributed by atoms with Gasteiger partial charge >= 0.3 is 5.97 Å². The molecule has 0 aliphatic carbocycles. The zero-order valence-electron chi connectivity index (χ0n) is 10.5. The van der Waals surface area contributed by atoms with Gasteiger partial charge in [-0.1, -0.05) is 30.3 Å². The second kappa shape index (κ2) is 5.51. The minimum absolute atomic E-state index is 0.250. The molecule has 1 aromatic carbocycles. The lowest BCUT2D eigenvalue weighted by Crippen LogP contribution is -2.39. The van der Waals surface area contributed by atoms with Gasteiger partial charge in [0, 0.05) is 0 Å². The molecule has 6 nitrogen and oxygen atoms in total. The number of hydrogen-bond acceptors (Lipinski definition) is 5. The molecule has 2 rings (SSSR count). The number of hydrogen-bond donors (Lipinski definition) is 2. The lowest BCUT2D eigenvalue weighted by Gasteiger charge is -2.17. The van der Waals surface area contributed by atoms with E-state index in [4.69, 9.17) is 10.5 Å². The van der Waals surface area contributed by atoms with Crippen molar-refractivity contribution in [3.63, 3.8) is 0 Å². The maximum atomic E-state index is 11.9. The molecule has 1 aliphatic heterocycles. The third-order valence-electron chi connectivity index (χ3n) is 2.68. The summed E-state index contributed by atoms with van der Waals surface area (Å²) in [5, 5.41) is 2.60. The highest BCUT2D eigenvalue weighted by Gasteiger charge is 2.35. The Hall–Kier alpha value is -2.37. The average molecular weight is 261 g/mol. The standard InChI is InChI=1S/C13H15N3O3/c1-2-19-13(18)9(8-6-4-3-5-7-8)16-12(17)10-11(14)15-10/h3-7,9-10H,2H2,1H3,(H2,14,15)(H,16,17)/t9-,10-/m1/s1. The number of rotatable bonds is 5. The molecule has 1 aromatic rings. The van der Waals surface area contributed by atoms with Gasteiger partial charge in [0.1, 0.15) is 5.84 Å². The Bertz CT molecular complexity index is 513. The predicted octanol–water partition coefficient (Wildman–Crippen LogP) is 0.146. The summed E-state index contributed by atoms with van der Waals surface area (Å²) >= 11 is 0. The van der Waals surface area contributed by atoms with Crippen molar-refractivity contribution < 1.29 is 14.3 Å². The number of aliphatic imine (C=N–C) groups is 1. The number of nitrogens with one attached hydrogen (secondary N) is 1. The number of carbonyl (C=O) groups excluding carboxylic acids is 2. The summed E-state index contributed by atoms with van der Waals surface area (Å²) in [6.07, 6.45) is 0. The normalized spacial score (nSPS) is 18.2. The number of amidine groups is 1. The molecule has 1 amide bonds. The number of esters is 1. The van der Waals surface area contributed by atoms with E-state index in [-0.39, 0.29) is 18.3 Å². The Morgan fingerprint density at radius 1 is 1.42 bits per heavy atom. The lowest BCUT2D eigenvalue weighted by molar-refractivity contribution is -0.147. The summed E-state index contributed by atoms with van der Waals surface area (Å²) < 4.78 is 4.96. The van der Waals surface area contributed by atoms with Crippen LogP contribution < -0.4 is 11.1 Å². The Kier molecular flexibility index (Phi) is 3.79. The molecule has 6 heteroatoms. The van der Waals surface area contributed by atoms with E-state index >= 15 is 0 Å². The molecule has 19 heavy (non-hydrogen) atoms. The average Bonchev–Trinajstić information content (AvgIpc) is 3.14. The third-order valence-corrected chi connectivity index (χ3v) is 2.68. The molecule has 2 atom stereocenters. The second-order valence-corrected chi connectivity index (χ2v) is 4.06. The summed E-state index contributed by atoms with van der Waals surface area (Å²) in [6, 6.07) is 7.43. The molecule has 3 N–H and O–H groups in total. The summed E-state index contributed by atoms with van der Waals surface area (Å²) in [7, 11) is 0. The minimum Gasteiger partial charge on any atom is -0.464 e. The van der Waals surface area contributed by atoms with Crippen molar-refractivity contribution >= 4 is 17.7 Å². The van der Waals surface area contributed by atoms with Crippen LogP contribution in [0, 0.1) is 0 Å². The molecule has 1 aliphatic rings. The SMILES string of the molecule is CCOC(=O)[C@H](NC(=O)[C@@H]1N=C1N)c1ccccc1. The largest absolute Gasteiger partial charge is 0.464 e. The number of ether oxygens (including phenoxy) is 1. The van der Waals surface area contributed by atoms with E-state index in [1.54, 1.807) is 31.2 Å². The van der Waals surface area contributed by atoms with Crippen molar-refractivity contribution in [1.29, 1.82) is 0 Å². The Morgan fingerprint density at radius 3 is 2.58 bits per heavy atom. The van der Waals surface area contributed by atoms with Crippen LogP contribution in [0.4, 0.5) is 0 Å². The van der Waals surface area contributed by atoms with Gasteiger partial charge in [0.05, 0.1) is 6.61 Å². The summed E-state index contributed by atoms with van der Waals surface area (Å²) in [5.41, 5.74) is 6.05. The van der Waals surface area contributed by atoms with Crippen LogP contribution in [0.5, 0.6) is 0 Å². The summed E-state index contributed by atoms with van der Waals surface area (Å²) in [4.78, 5) is 27.4. The molecule has 0 bridgehead atoms. The molecule has 0 radical (unpaired) electrons. The van der Waals surface area contributed by atoms with Gasteiger partial charge in [0.15, 0.2) is 12.1 Å². The van der Waals surface area contributed by atoms with Gasteiger partial charge in [-0.25, -0.2) is 9.79 Å². The van der Waals surface area contributed by atoms with Gasteiger partial charge in [-0.15, -0.1) is 0 Å². The Labute approximate surface area is 110 Å². The first-order valence-electron chi connectivity index (χ1n) is 5.98. The molecule has 1 heterocycles. The van der Waals surface area contributed by atoms with Gasteiger partial charge < -0.3 is 15.8 Å². The topological polar surface area (TPSA) is 93.8 Å². The Balaban J connectivity index is 2.10. The van der Waals surface area contributed by atoms with E-state index in [9.17, 15) is 9.59 Å². The van der Waals surface area contributed by atoms with Gasteiger partial charge in [-0.05, 0) is 12.5 Å². The van der Waals surface area contributed by atoms with Crippen LogP contribution in [-0.2, 0) is 14.3 Å². The first kappa shape index (κ1) is 13.1. The van der Waals surface area contributed by atoms with E-state index in [1.165, 1.54) is 0 Å². The fraction of sp³-hybridized carbons (Fsp3) is 0.308.